The Kier molecular flexibility index (Phi) is 3.94. The Bertz CT molecular complexity index is 877. The molecule has 0 aliphatic carbocycles. The van der Waals surface area contributed by atoms with Crippen LogP contribution in [0.4, 0.5) is 4.39 Å². The van der Waals surface area contributed by atoms with E-state index in [4.69, 9.17) is 4.42 Å². The van der Waals surface area contributed by atoms with Crippen molar-refractivity contribution in [2.24, 2.45) is 0 Å². The van der Waals surface area contributed by atoms with Crippen LogP contribution < -0.4 is 5.32 Å². The van der Waals surface area contributed by atoms with Crippen LogP contribution in [0, 0.1) is 26.6 Å². The number of aromatic nitrogens is 1. The second kappa shape index (κ2) is 5.91. The molecule has 0 saturated carbocycles. The summed E-state index contributed by atoms with van der Waals surface area (Å²) in [7, 11) is 0. The average Bonchev–Trinajstić information content (AvgIpc) is 3.08. The number of rotatable bonds is 4. The number of aryl methyl sites for hydroxylation is 3. The van der Waals surface area contributed by atoms with Crippen LogP contribution in [0.1, 0.15) is 32.9 Å². The highest BCUT2D eigenvalue weighted by Crippen LogP contribution is 2.27. The highest BCUT2D eigenvalue weighted by molar-refractivity contribution is 5.95. The molecule has 1 aromatic carbocycles. The number of halogens is 1. The lowest BCUT2D eigenvalue weighted by atomic mass is 10.0. The Hall–Kier alpha value is -2.56. The molecule has 4 nitrogen and oxygen atoms in total. The van der Waals surface area contributed by atoms with Crippen LogP contribution in [-0.2, 0) is 6.42 Å². The third-order valence-electron chi connectivity index (χ3n) is 4.19. The van der Waals surface area contributed by atoms with Crippen molar-refractivity contribution in [3.8, 4) is 0 Å². The third kappa shape index (κ3) is 2.74. The number of H-pyrrole nitrogens is 1. The lowest BCUT2D eigenvalue weighted by Gasteiger charge is -2.06. The molecule has 0 atom stereocenters. The molecule has 2 heterocycles. The zero-order valence-corrected chi connectivity index (χ0v) is 13.4. The molecule has 0 aliphatic rings. The molecule has 3 rings (SSSR count). The van der Waals surface area contributed by atoms with E-state index in [9.17, 15) is 9.18 Å². The molecule has 2 N–H and O–H groups in total. The van der Waals surface area contributed by atoms with Crippen molar-refractivity contribution in [3.63, 3.8) is 0 Å². The van der Waals surface area contributed by atoms with Gasteiger partial charge in [0.25, 0.3) is 5.91 Å². The Morgan fingerprint density at radius 2 is 2.04 bits per heavy atom. The van der Waals surface area contributed by atoms with Gasteiger partial charge < -0.3 is 14.7 Å². The first-order valence-electron chi connectivity index (χ1n) is 7.57. The quantitative estimate of drug-likeness (QED) is 0.769. The van der Waals surface area contributed by atoms with Crippen molar-refractivity contribution in [2.45, 2.75) is 27.2 Å². The van der Waals surface area contributed by atoms with Crippen molar-refractivity contribution >= 4 is 16.8 Å². The number of aromatic amines is 1. The lowest BCUT2D eigenvalue weighted by molar-refractivity contribution is 0.0952. The van der Waals surface area contributed by atoms with Crippen molar-refractivity contribution in [2.75, 3.05) is 6.54 Å². The summed E-state index contributed by atoms with van der Waals surface area (Å²) >= 11 is 0. The van der Waals surface area contributed by atoms with Gasteiger partial charge in [-0.1, -0.05) is 6.07 Å². The van der Waals surface area contributed by atoms with Gasteiger partial charge in [-0.05, 0) is 50.5 Å². The summed E-state index contributed by atoms with van der Waals surface area (Å²) in [4.78, 5) is 15.2. The van der Waals surface area contributed by atoms with E-state index in [1.54, 1.807) is 19.1 Å². The molecule has 3 aromatic rings. The van der Waals surface area contributed by atoms with Gasteiger partial charge in [0, 0.05) is 17.6 Å². The standard InChI is InChI=1S/C18H19FN2O2/c1-10-4-5-15(19)17-16(10)13(11(2)21-17)6-8-20-18(22)14-7-9-23-12(14)3/h4-5,7,9,21H,6,8H2,1-3H3,(H,20,22). The molecule has 0 bridgehead atoms. The fraction of sp³-hybridized carbons (Fsp3) is 0.278. The summed E-state index contributed by atoms with van der Waals surface area (Å²) < 4.78 is 19.1. The Balaban J connectivity index is 1.78. The van der Waals surface area contributed by atoms with Gasteiger partial charge in [-0.3, -0.25) is 4.79 Å². The minimum Gasteiger partial charge on any atom is -0.469 e. The highest BCUT2D eigenvalue weighted by atomic mass is 19.1. The summed E-state index contributed by atoms with van der Waals surface area (Å²) in [6.07, 6.45) is 2.14. The first kappa shape index (κ1) is 15.3. The number of hydrogen-bond acceptors (Lipinski definition) is 2. The van der Waals surface area contributed by atoms with E-state index in [0.717, 1.165) is 22.2 Å². The van der Waals surface area contributed by atoms with Crippen LogP contribution in [0.5, 0.6) is 0 Å². The van der Waals surface area contributed by atoms with E-state index in [1.807, 2.05) is 13.8 Å². The largest absolute Gasteiger partial charge is 0.469 e. The molecular formula is C18H19FN2O2. The van der Waals surface area contributed by atoms with Crippen LogP contribution in [0.25, 0.3) is 10.9 Å². The predicted octanol–water partition coefficient (Wildman–Crippen LogP) is 3.80. The van der Waals surface area contributed by atoms with Gasteiger partial charge in [-0.25, -0.2) is 4.39 Å². The van der Waals surface area contributed by atoms with Gasteiger partial charge in [0.05, 0.1) is 17.3 Å². The number of benzene rings is 1. The second-order valence-electron chi connectivity index (χ2n) is 5.74. The third-order valence-corrected chi connectivity index (χ3v) is 4.19. The predicted molar refractivity (Wildman–Crippen MR) is 87.2 cm³/mol. The average molecular weight is 314 g/mol. The van der Waals surface area contributed by atoms with Gasteiger partial charge in [0.2, 0.25) is 0 Å². The SMILES string of the molecule is Cc1[nH]c2c(F)ccc(C)c2c1CCNC(=O)c1ccoc1C. The smallest absolute Gasteiger partial charge is 0.254 e. The number of carbonyl (C=O) groups is 1. The molecule has 0 saturated heterocycles. The number of furan rings is 1. The molecule has 0 unspecified atom stereocenters. The molecule has 23 heavy (non-hydrogen) atoms. The molecule has 0 spiro atoms. The van der Waals surface area contributed by atoms with E-state index in [-0.39, 0.29) is 11.7 Å². The normalized spacial score (nSPS) is 11.1. The minimum atomic E-state index is -0.252. The number of nitrogens with one attached hydrogen (secondary N) is 2. The second-order valence-corrected chi connectivity index (χ2v) is 5.74. The first-order valence-corrected chi connectivity index (χ1v) is 7.57. The fourth-order valence-electron chi connectivity index (χ4n) is 2.97. The van der Waals surface area contributed by atoms with Gasteiger partial charge in [-0.2, -0.15) is 0 Å². The Labute approximate surface area is 133 Å². The summed E-state index contributed by atoms with van der Waals surface area (Å²) in [5.41, 5.74) is 4.08. The lowest BCUT2D eigenvalue weighted by Crippen LogP contribution is -2.26. The van der Waals surface area contributed by atoms with Crippen molar-refractivity contribution in [3.05, 3.63) is 58.4 Å². The molecular weight excluding hydrogens is 295 g/mol. The van der Waals surface area contributed by atoms with E-state index < -0.39 is 0 Å². The molecule has 120 valence electrons. The van der Waals surface area contributed by atoms with Crippen LogP contribution in [0.2, 0.25) is 0 Å². The van der Waals surface area contributed by atoms with Gasteiger partial charge in [-0.15, -0.1) is 0 Å². The first-order chi connectivity index (χ1) is 11.0. The molecule has 0 aliphatic heterocycles. The summed E-state index contributed by atoms with van der Waals surface area (Å²) in [5, 5.41) is 3.80. The zero-order chi connectivity index (χ0) is 16.6. The number of carbonyl (C=O) groups excluding carboxylic acids is 1. The van der Waals surface area contributed by atoms with Gasteiger partial charge in [0.15, 0.2) is 0 Å². The topological polar surface area (TPSA) is 58.0 Å². The maximum Gasteiger partial charge on any atom is 0.254 e. The highest BCUT2D eigenvalue weighted by Gasteiger charge is 2.15. The van der Waals surface area contributed by atoms with Gasteiger partial charge >= 0.3 is 0 Å². The van der Waals surface area contributed by atoms with Crippen molar-refractivity contribution in [1.82, 2.24) is 10.3 Å². The van der Waals surface area contributed by atoms with E-state index in [0.29, 0.717) is 29.8 Å². The molecule has 1 amide bonds. The molecule has 0 radical (unpaired) electrons. The maximum atomic E-state index is 13.9. The van der Waals surface area contributed by atoms with Crippen molar-refractivity contribution < 1.29 is 13.6 Å². The number of amides is 1. The Morgan fingerprint density at radius 1 is 1.26 bits per heavy atom. The fourth-order valence-corrected chi connectivity index (χ4v) is 2.97. The number of fused-ring (bicyclic) bond motifs is 1. The summed E-state index contributed by atoms with van der Waals surface area (Å²) in [6, 6.07) is 4.91. The van der Waals surface area contributed by atoms with E-state index in [2.05, 4.69) is 10.3 Å². The summed E-state index contributed by atoms with van der Waals surface area (Å²) in [5.74, 6) is 0.193. The van der Waals surface area contributed by atoms with Crippen LogP contribution in [0.3, 0.4) is 0 Å². The van der Waals surface area contributed by atoms with E-state index in [1.165, 1.54) is 12.3 Å². The van der Waals surface area contributed by atoms with E-state index >= 15 is 0 Å². The maximum absolute atomic E-state index is 13.9. The number of hydrogen-bond donors (Lipinski definition) is 2. The van der Waals surface area contributed by atoms with Crippen molar-refractivity contribution in [1.29, 1.82) is 0 Å². The summed E-state index contributed by atoms with van der Waals surface area (Å²) in [6.45, 7) is 6.13. The van der Waals surface area contributed by atoms with Crippen LogP contribution >= 0.6 is 0 Å². The molecule has 2 aromatic heterocycles. The monoisotopic (exact) mass is 314 g/mol. The van der Waals surface area contributed by atoms with Crippen LogP contribution in [-0.4, -0.2) is 17.4 Å². The van der Waals surface area contributed by atoms with Gasteiger partial charge in [0.1, 0.15) is 11.6 Å². The Morgan fingerprint density at radius 3 is 2.74 bits per heavy atom. The molecule has 0 fully saturated rings. The molecule has 5 heteroatoms. The minimum absolute atomic E-state index is 0.156. The zero-order valence-electron chi connectivity index (χ0n) is 13.4. The van der Waals surface area contributed by atoms with Crippen LogP contribution in [0.15, 0.2) is 28.9 Å².